The van der Waals surface area contributed by atoms with E-state index in [1.54, 1.807) is 6.21 Å². The van der Waals surface area contributed by atoms with Crippen molar-refractivity contribution in [1.82, 2.24) is 20.5 Å². The predicted molar refractivity (Wildman–Crippen MR) is 118 cm³/mol. The molecule has 1 amide bonds. The molecule has 0 aliphatic carbocycles. The van der Waals surface area contributed by atoms with Gasteiger partial charge in [0.25, 0.3) is 5.91 Å². The molecule has 0 spiro atoms. The number of benzene rings is 2. The van der Waals surface area contributed by atoms with Gasteiger partial charge in [-0.2, -0.15) is 10.2 Å². The van der Waals surface area contributed by atoms with Gasteiger partial charge in [0.2, 0.25) is 0 Å². The molecular weight excluding hydrogens is 374 g/mol. The minimum Gasteiger partial charge on any atom is -0.317 e. The molecule has 1 fully saturated rings. The Morgan fingerprint density at radius 1 is 1.00 bits per heavy atom. The minimum absolute atomic E-state index is 0.197. The van der Waals surface area contributed by atoms with E-state index in [4.69, 9.17) is 5.10 Å². The van der Waals surface area contributed by atoms with Crippen LogP contribution in [-0.4, -0.2) is 35.0 Å². The van der Waals surface area contributed by atoms with Gasteiger partial charge in [0.15, 0.2) is 0 Å². The minimum atomic E-state index is -0.197. The number of hydrogen-bond donors (Lipinski definition) is 2. The Bertz CT molecular complexity index is 1120. The van der Waals surface area contributed by atoms with Crippen LogP contribution in [0.4, 0.5) is 0 Å². The lowest BCUT2D eigenvalue weighted by molar-refractivity contribution is -0.116. The first kappa shape index (κ1) is 18.5. The smallest absolute Gasteiger partial charge is 0.273 e. The van der Waals surface area contributed by atoms with E-state index in [2.05, 4.69) is 40.1 Å². The first-order chi connectivity index (χ1) is 14.8. The first-order valence-electron chi connectivity index (χ1n) is 10.3. The number of rotatable bonds is 4. The van der Waals surface area contributed by atoms with Gasteiger partial charge in [-0.15, -0.1) is 0 Å². The number of carbonyl (C=O) groups is 1. The van der Waals surface area contributed by atoms with E-state index in [-0.39, 0.29) is 5.91 Å². The Kier molecular flexibility index (Phi) is 4.99. The second-order valence-corrected chi connectivity index (χ2v) is 7.63. The normalized spacial score (nSPS) is 18.1. The fourth-order valence-electron chi connectivity index (χ4n) is 4.16. The molecule has 0 unspecified atom stereocenters. The number of hydrogen-bond acceptors (Lipinski definition) is 4. The number of piperidine rings is 1. The van der Waals surface area contributed by atoms with Crippen LogP contribution >= 0.6 is 0 Å². The van der Waals surface area contributed by atoms with E-state index >= 15 is 0 Å². The van der Waals surface area contributed by atoms with Gasteiger partial charge in [0.1, 0.15) is 0 Å². The molecule has 1 saturated heterocycles. The molecule has 0 radical (unpaired) electrons. The first-order valence-corrected chi connectivity index (χ1v) is 10.3. The summed E-state index contributed by atoms with van der Waals surface area (Å²) in [6, 6.07) is 18.6. The number of nitrogens with zero attached hydrogens (tertiary/aromatic N) is 3. The Hall–Kier alpha value is -3.51. The van der Waals surface area contributed by atoms with Crippen molar-refractivity contribution in [1.29, 1.82) is 0 Å². The molecule has 6 nitrogen and oxygen atoms in total. The molecule has 1 aromatic heterocycles. The Morgan fingerprint density at radius 3 is 2.53 bits per heavy atom. The maximum absolute atomic E-state index is 12.0. The monoisotopic (exact) mass is 397 g/mol. The van der Waals surface area contributed by atoms with Crippen LogP contribution in [0.1, 0.15) is 29.9 Å². The summed E-state index contributed by atoms with van der Waals surface area (Å²) in [4.78, 5) is 12.0. The van der Waals surface area contributed by atoms with Crippen LogP contribution in [0.2, 0.25) is 0 Å². The number of amides is 1. The van der Waals surface area contributed by atoms with Crippen LogP contribution in [0.3, 0.4) is 0 Å². The maximum Gasteiger partial charge on any atom is 0.273 e. The summed E-state index contributed by atoms with van der Waals surface area (Å²) in [7, 11) is 0. The molecule has 3 heterocycles. The maximum atomic E-state index is 12.0. The molecule has 2 N–H and O–H groups in total. The third-order valence-electron chi connectivity index (χ3n) is 5.70. The summed E-state index contributed by atoms with van der Waals surface area (Å²) in [5.41, 5.74) is 8.15. The third kappa shape index (κ3) is 3.57. The lowest BCUT2D eigenvalue weighted by Gasteiger charge is -2.25. The summed E-state index contributed by atoms with van der Waals surface area (Å²) >= 11 is 0. The van der Waals surface area contributed by atoms with Crippen LogP contribution in [0.25, 0.3) is 23.0 Å². The number of hydrazone groups is 1. The average Bonchev–Trinajstić information content (AvgIpc) is 3.41. The Labute approximate surface area is 175 Å². The molecule has 2 aromatic carbocycles. The van der Waals surface area contributed by atoms with Crippen molar-refractivity contribution in [2.45, 2.75) is 18.8 Å². The predicted octanol–water partition coefficient (Wildman–Crippen LogP) is 3.51. The van der Waals surface area contributed by atoms with E-state index < -0.39 is 0 Å². The van der Waals surface area contributed by atoms with Gasteiger partial charge in [0.05, 0.1) is 23.2 Å². The lowest BCUT2D eigenvalue weighted by Crippen LogP contribution is -2.27. The van der Waals surface area contributed by atoms with Crippen molar-refractivity contribution < 1.29 is 4.79 Å². The van der Waals surface area contributed by atoms with Gasteiger partial charge in [-0.3, -0.25) is 4.79 Å². The zero-order chi connectivity index (χ0) is 20.3. The molecule has 2 aliphatic rings. The number of aromatic nitrogens is 2. The molecule has 6 heteroatoms. The van der Waals surface area contributed by atoms with E-state index in [0.29, 0.717) is 11.5 Å². The highest BCUT2D eigenvalue weighted by Gasteiger charge is 2.21. The van der Waals surface area contributed by atoms with Gasteiger partial charge >= 0.3 is 0 Å². The lowest BCUT2D eigenvalue weighted by atomic mass is 9.89. The molecule has 3 aromatic rings. The van der Waals surface area contributed by atoms with Crippen LogP contribution in [0, 0.1) is 0 Å². The van der Waals surface area contributed by atoms with Crippen molar-refractivity contribution in [3.8, 4) is 16.9 Å². The largest absolute Gasteiger partial charge is 0.317 e. The van der Waals surface area contributed by atoms with Crippen molar-refractivity contribution in [3.63, 3.8) is 0 Å². The molecular formula is C24H23N5O. The summed E-state index contributed by atoms with van der Waals surface area (Å²) < 4.78 is 1.95. The van der Waals surface area contributed by atoms with Gasteiger partial charge < -0.3 is 5.32 Å². The molecule has 0 atom stereocenters. The van der Waals surface area contributed by atoms with Gasteiger partial charge in [-0.1, -0.05) is 48.5 Å². The molecule has 0 saturated carbocycles. The standard InChI is InChI=1S/C24H23N5O/c30-24-19(15-26-27-24)14-20-16-29(28-23(20)18-6-2-1-3-7-18)22-9-5-4-8-21(22)17-10-12-25-13-11-17/h1-9,14-17,25H,10-13H2,(H,27,30)/b19-14-. The van der Waals surface area contributed by atoms with Gasteiger partial charge in [0, 0.05) is 17.3 Å². The Morgan fingerprint density at radius 2 is 1.77 bits per heavy atom. The fourth-order valence-corrected chi connectivity index (χ4v) is 4.16. The molecule has 2 aliphatic heterocycles. The summed E-state index contributed by atoms with van der Waals surface area (Å²) in [5.74, 6) is 0.318. The second-order valence-electron chi connectivity index (χ2n) is 7.63. The van der Waals surface area contributed by atoms with E-state index in [0.717, 1.165) is 48.4 Å². The molecule has 0 bridgehead atoms. The van der Waals surface area contributed by atoms with Crippen LogP contribution in [0.15, 0.2) is 71.5 Å². The zero-order valence-corrected chi connectivity index (χ0v) is 16.6. The molecule has 150 valence electrons. The average molecular weight is 397 g/mol. The SMILES string of the molecule is O=C1NN=C/C1=C/c1cn(-c2ccccc2C2CCNCC2)nc1-c1ccccc1. The summed E-state index contributed by atoms with van der Waals surface area (Å²) in [6.45, 7) is 2.08. The third-order valence-corrected chi connectivity index (χ3v) is 5.70. The number of nitrogens with one attached hydrogen (secondary N) is 2. The quantitative estimate of drug-likeness (QED) is 0.662. The highest BCUT2D eigenvalue weighted by atomic mass is 16.2. The molecule has 5 rings (SSSR count). The van der Waals surface area contributed by atoms with E-state index in [9.17, 15) is 4.79 Å². The van der Waals surface area contributed by atoms with E-state index in [1.165, 1.54) is 5.56 Å². The topological polar surface area (TPSA) is 71.3 Å². The van der Waals surface area contributed by atoms with Crippen molar-refractivity contribution >= 4 is 18.2 Å². The summed E-state index contributed by atoms with van der Waals surface area (Å²) in [5, 5.41) is 12.3. The van der Waals surface area contributed by atoms with E-state index in [1.807, 2.05) is 47.3 Å². The fraction of sp³-hybridized carbons (Fsp3) is 0.208. The van der Waals surface area contributed by atoms with Gasteiger partial charge in [-0.25, -0.2) is 10.1 Å². The summed E-state index contributed by atoms with van der Waals surface area (Å²) in [6.07, 6.45) is 7.66. The highest BCUT2D eigenvalue weighted by Crippen LogP contribution is 2.32. The molecule has 30 heavy (non-hydrogen) atoms. The number of carbonyl (C=O) groups excluding carboxylic acids is 1. The zero-order valence-electron chi connectivity index (χ0n) is 16.6. The Balaban J connectivity index is 1.62. The van der Waals surface area contributed by atoms with Gasteiger partial charge in [-0.05, 0) is 49.6 Å². The van der Waals surface area contributed by atoms with Crippen LogP contribution in [0.5, 0.6) is 0 Å². The van der Waals surface area contributed by atoms with Crippen LogP contribution < -0.4 is 10.7 Å². The highest BCUT2D eigenvalue weighted by molar-refractivity contribution is 6.19. The van der Waals surface area contributed by atoms with Crippen molar-refractivity contribution in [3.05, 3.63) is 77.5 Å². The van der Waals surface area contributed by atoms with Crippen molar-refractivity contribution in [2.24, 2.45) is 5.10 Å². The second kappa shape index (κ2) is 8.08. The van der Waals surface area contributed by atoms with Crippen LogP contribution in [-0.2, 0) is 4.79 Å². The number of para-hydroxylation sites is 1. The van der Waals surface area contributed by atoms with Crippen molar-refractivity contribution in [2.75, 3.05) is 13.1 Å².